The Morgan fingerprint density at radius 1 is 1.04 bits per heavy atom. The van der Waals surface area contributed by atoms with E-state index in [1.165, 1.54) is 17.7 Å². The van der Waals surface area contributed by atoms with Gasteiger partial charge in [0.05, 0.1) is 4.90 Å². The van der Waals surface area contributed by atoms with Crippen LogP contribution in [-0.2, 0) is 26.8 Å². The highest BCUT2D eigenvalue weighted by molar-refractivity contribution is 7.89. The van der Waals surface area contributed by atoms with Gasteiger partial charge in [0.2, 0.25) is 15.9 Å². The van der Waals surface area contributed by atoms with Crippen LogP contribution < -0.4 is 4.72 Å². The van der Waals surface area contributed by atoms with Crippen molar-refractivity contribution in [3.63, 3.8) is 0 Å². The summed E-state index contributed by atoms with van der Waals surface area (Å²) in [6.45, 7) is 9.00. The summed E-state index contributed by atoms with van der Waals surface area (Å²) in [6.07, 6.45) is 0. The van der Waals surface area contributed by atoms with Gasteiger partial charge in [-0.15, -0.1) is 0 Å². The fourth-order valence-electron chi connectivity index (χ4n) is 3.80. The first-order valence-electron chi connectivity index (χ1n) is 9.56. The second-order valence-corrected chi connectivity index (χ2v) is 10.1. The van der Waals surface area contributed by atoms with Crippen molar-refractivity contribution in [3.8, 4) is 0 Å². The summed E-state index contributed by atoms with van der Waals surface area (Å²) < 4.78 is 28.2. The second kappa shape index (κ2) is 7.68. The predicted octanol–water partition coefficient (Wildman–Crippen LogP) is 3.31. The van der Waals surface area contributed by atoms with Gasteiger partial charge in [0.15, 0.2) is 0 Å². The Morgan fingerprint density at radius 3 is 2.29 bits per heavy atom. The number of amides is 1. The molecule has 150 valence electrons. The van der Waals surface area contributed by atoms with Crippen molar-refractivity contribution >= 4 is 15.9 Å². The number of hydrogen-bond acceptors (Lipinski definition) is 3. The fraction of sp³-hybridized carbons (Fsp3) is 0.409. The zero-order valence-corrected chi connectivity index (χ0v) is 17.7. The van der Waals surface area contributed by atoms with Crippen LogP contribution >= 0.6 is 0 Å². The highest BCUT2D eigenvalue weighted by Gasteiger charge is 2.38. The number of hydrogen-bond donors (Lipinski definition) is 1. The normalized spacial score (nSPS) is 17.2. The Balaban J connectivity index is 1.87. The van der Waals surface area contributed by atoms with Gasteiger partial charge in [0, 0.05) is 18.5 Å². The van der Waals surface area contributed by atoms with E-state index in [1.807, 2.05) is 32.0 Å². The summed E-state index contributed by atoms with van der Waals surface area (Å²) in [4.78, 5) is 15.3. The smallest absolute Gasteiger partial charge is 0.241 e. The maximum absolute atomic E-state index is 13.3. The minimum absolute atomic E-state index is 0.165. The second-order valence-electron chi connectivity index (χ2n) is 8.39. The number of rotatable bonds is 5. The molecule has 0 bridgehead atoms. The molecule has 0 radical (unpaired) electrons. The van der Waals surface area contributed by atoms with Crippen LogP contribution in [0.4, 0.5) is 0 Å². The topological polar surface area (TPSA) is 66.5 Å². The van der Waals surface area contributed by atoms with Gasteiger partial charge in [-0.2, -0.15) is 4.72 Å². The lowest BCUT2D eigenvalue weighted by Crippen LogP contribution is -2.54. The number of nitrogens with zero attached hydrogens (tertiary/aromatic N) is 1. The van der Waals surface area contributed by atoms with E-state index in [1.54, 1.807) is 23.1 Å². The molecule has 1 aliphatic heterocycles. The first-order valence-corrected chi connectivity index (χ1v) is 11.0. The lowest BCUT2D eigenvalue weighted by Gasteiger charge is -2.41. The molecule has 6 heteroatoms. The Labute approximate surface area is 167 Å². The quantitative estimate of drug-likeness (QED) is 0.837. The van der Waals surface area contributed by atoms with E-state index in [9.17, 15) is 13.2 Å². The van der Waals surface area contributed by atoms with Crippen LogP contribution in [0.1, 0.15) is 38.8 Å². The molecule has 1 N–H and O–H groups in total. The molecule has 1 heterocycles. The molecule has 0 spiro atoms. The molecule has 3 rings (SSSR count). The molecule has 2 aromatic carbocycles. The minimum atomic E-state index is -3.77. The third-order valence-corrected chi connectivity index (χ3v) is 6.73. The Hall–Kier alpha value is -2.18. The first-order chi connectivity index (χ1) is 13.1. The van der Waals surface area contributed by atoms with Crippen LogP contribution in [0, 0.1) is 5.92 Å². The number of sulfonamides is 1. The highest BCUT2D eigenvalue weighted by atomic mass is 32.2. The van der Waals surface area contributed by atoms with Crippen molar-refractivity contribution in [3.05, 3.63) is 65.7 Å². The van der Waals surface area contributed by atoms with Crippen LogP contribution in [0.3, 0.4) is 0 Å². The SMILES string of the molecule is CC(C)[C@H](NS(=O)(=O)c1ccccc1)C(=O)N1Cc2ccccc2C(C)(C)C1. The van der Waals surface area contributed by atoms with Gasteiger partial charge in [-0.3, -0.25) is 4.79 Å². The van der Waals surface area contributed by atoms with E-state index in [0.29, 0.717) is 13.1 Å². The molecule has 1 atom stereocenters. The highest BCUT2D eigenvalue weighted by Crippen LogP contribution is 2.33. The zero-order chi connectivity index (χ0) is 20.5. The van der Waals surface area contributed by atoms with Crippen molar-refractivity contribution in [2.75, 3.05) is 6.54 Å². The van der Waals surface area contributed by atoms with Crippen molar-refractivity contribution in [1.82, 2.24) is 9.62 Å². The molecule has 0 saturated carbocycles. The number of benzene rings is 2. The Bertz CT molecular complexity index is 953. The van der Waals surface area contributed by atoms with E-state index in [0.717, 1.165) is 5.56 Å². The molecule has 5 nitrogen and oxygen atoms in total. The van der Waals surface area contributed by atoms with E-state index >= 15 is 0 Å². The summed E-state index contributed by atoms with van der Waals surface area (Å²) in [6, 6.07) is 15.5. The fourth-order valence-corrected chi connectivity index (χ4v) is 5.16. The Kier molecular flexibility index (Phi) is 5.64. The third-order valence-electron chi connectivity index (χ3n) is 5.27. The molecule has 0 aliphatic carbocycles. The molecule has 0 unspecified atom stereocenters. The first kappa shape index (κ1) is 20.6. The predicted molar refractivity (Wildman–Crippen MR) is 110 cm³/mol. The Morgan fingerprint density at radius 2 is 1.64 bits per heavy atom. The monoisotopic (exact) mass is 400 g/mol. The largest absolute Gasteiger partial charge is 0.336 e. The van der Waals surface area contributed by atoms with Crippen molar-refractivity contribution in [1.29, 1.82) is 0 Å². The lowest BCUT2D eigenvalue weighted by atomic mass is 9.78. The molecule has 1 amide bonds. The molecular formula is C22H28N2O3S. The number of nitrogens with one attached hydrogen (secondary N) is 1. The van der Waals surface area contributed by atoms with Gasteiger partial charge in [-0.1, -0.05) is 70.2 Å². The van der Waals surface area contributed by atoms with E-state index in [4.69, 9.17) is 0 Å². The van der Waals surface area contributed by atoms with Crippen LogP contribution in [0.25, 0.3) is 0 Å². The van der Waals surface area contributed by atoms with Crippen molar-refractivity contribution < 1.29 is 13.2 Å². The lowest BCUT2D eigenvalue weighted by molar-refractivity contribution is -0.136. The summed E-state index contributed by atoms with van der Waals surface area (Å²) in [5.74, 6) is -0.358. The van der Waals surface area contributed by atoms with Crippen LogP contribution in [0.5, 0.6) is 0 Å². The van der Waals surface area contributed by atoms with Crippen LogP contribution in [0.2, 0.25) is 0 Å². The van der Waals surface area contributed by atoms with E-state index < -0.39 is 16.1 Å². The molecule has 0 saturated heterocycles. The average molecular weight is 401 g/mol. The summed E-state index contributed by atoms with van der Waals surface area (Å²) in [5, 5.41) is 0. The van der Waals surface area contributed by atoms with E-state index in [-0.39, 0.29) is 22.1 Å². The van der Waals surface area contributed by atoms with Crippen LogP contribution in [0.15, 0.2) is 59.5 Å². The summed E-state index contributed by atoms with van der Waals surface area (Å²) >= 11 is 0. The summed E-state index contributed by atoms with van der Waals surface area (Å²) in [7, 11) is -3.77. The van der Waals surface area contributed by atoms with Crippen molar-refractivity contribution in [2.45, 2.75) is 50.6 Å². The van der Waals surface area contributed by atoms with Crippen LogP contribution in [-0.4, -0.2) is 31.8 Å². The molecule has 28 heavy (non-hydrogen) atoms. The molecule has 0 fully saturated rings. The van der Waals surface area contributed by atoms with Gasteiger partial charge >= 0.3 is 0 Å². The van der Waals surface area contributed by atoms with Gasteiger partial charge in [-0.05, 0) is 29.2 Å². The number of carbonyl (C=O) groups excluding carboxylic acids is 1. The third kappa shape index (κ3) is 4.13. The zero-order valence-electron chi connectivity index (χ0n) is 16.8. The molecular weight excluding hydrogens is 372 g/mol. The molecule has 2 aromatic rings. The minimum Gasteiger partial charge on any atom is -0.336 e. The number of carbonyl (C=O) groups is 1. The van der Waals surface area contributed by atoms with Gasteiger partial charge in [-0.25, -0.2) is 8.42 Å². The average Bonchev–Trinajstić information content (AvgIpc) is 2.65. The number of fused-ring (bicyclic) bond motifs is 1. The van der Waals surface area contributed by atoms with Gasteiger partial charge in [0.25, 0.3) is 0 Å². The van der Waals surface area contributed by atoms with Gasteiger partial charge < -0.3 is 4.90 Å². The summed E-state index contributed by atoms with van der Waals surface area (Å²) in [5.41, 5.74) is 2.16. The maximum atomic E-state index is 13.3. The standard InChI is InChI=1S/C22H28N2O3S/c1-16(2)20(23-28(26,27)18-11-6-5-7-12-18)21(25)24-14-17-10-8-9-13-19(17)22(3,4)15-24/h5-13,16,20,23H,14-15H2,1-4H3/t20-/m0/s1. The van der Waals surface area contributed by atoms with E-state index in [2.05, 4.69) is 24.6 Å². The molecule has 0 aromatic heterocycles. The van der Waals surface area contributed by atoms with Crippen molar-refractivity contribution in [2.24, 2.45) is 5.92 Å². The van der Waals surface area contributed by atoms with Gasteiger partial charge in [0.1, 0.15) is 6.04 Å². The maximum Gasteiger partial charge on any atom is 0.241 e. The molecule has 1 aliphatic rings.